The zero-order chi connectivity index (χ0) is 12.1. The van der Waals surface area contributed by atoms with Gasteiger partial charge in [0, 0.05) is 12.6 Å². The van der Waals surface area contributed by atoms with Crippen LogP contribution in [-0.4, -0.2) is 41.1 Å². The van der Waals surface area contributed by atoms with Gasteiger partial charge in [0.1, 0.15) is 0 Å². The van der Waals surface area contributed by atoms with Gasteiger partial charge in [-0.25, -0.2) is 0 Å². The average molecular weight is 228 g/mol. The van der Waals surface area contributed by atoms with Crippen molar-refractivity contribution in [3.63, 3.8) is 0 Å². The highest BCUT2D eigenvalue weighted by molar-refractivity contribution is 5.75. The van der Waals surface area contributed by atoms with Crippen molar-refractivity contribution in [1.29, 1.82) is 0 Å². The van der Waals surface area contributed by atoms with Crippen molar-refractivity contribution in [3.05, 3.63) is 0 Å². The van der Waals surface area contributed by atoms with Crippen LogP contribution in [-0.2, 0) is 4.79 Å². The lowest BCUT2D eigenvalue weighted by atomic mass is 9.87. The van der Waals surface area contributed by atoms with E-state index in [-0.39, 0.29) is 12.0 Å². The fraction of sp³-hybridized carbons (Fsp3) is 0.917. The second-order valence-electron chi connectivity index (χ2n) is 5.16. The molecule has 0 unspecified atom stereocenters. The molecule has 3 N–H and O–H groups in total. The van der Waals surface area contributed by atoms with Gasteiger partial charge in [0.2, 0.25) is 5.91 Å². The maximum Gasteiger partial charge on any atom is 0.231 e. The number of hydrogen-bond acceptors (Lipinski definition) is 3. The fourth-order valence-electron chi connectivity index (χ4n) is 2.32. The molecular weight excluding hydrogens is 204 g/mol. The lowest BCUT2D eigenvalue weighted by Gasteiger charge is -2.32. The van der Waals surface area contributed by atoms with Gasteiger partial charge >= 0.3 is 0 Å². The molecule has 0 atom stereocenters. The van der Waals surface area contributed by atoms with E-state index in [9.17, 15) is 9.90 Å². The van der Waals surface area contributed by atoms with Crippen LogP contribution in [0.2, 0.25) is 0 Å². The predicted molar refractivity (Wildman–Crippen MR) is 63.9 cm³/mol. The van der Waals surface area contributed by atoms with Crippen LogP contribution >= 0.6 is 0 Å². The summed E-state index contributed by atoms with van der Waals surface area (Å²) >= 11 is 0. The number of nitrogens with zero attached hydrogens (tertiary/aromatic N) is 1. The Morgan fingerprint density at radius 1 is 1.38 bits per heavy atom. The summed E-state index contributed by atoms with van der Waals surface area (Å²) in [6.07, 6.45) is 3.80. The Balaban J connectivity index is 2.39. The molecule has 0 spiro atoms. The molecule has 1 amide bonds. The lowest BCUT2D eigenvalue weighted by molar-refractivity contribution is -0.119. The van der Waals surface area contributed by atoms with Crippen molar-refractivity contribution >= 4 is 5.91 Å². The standard InChI is InChI=1S/C12H24N2O2/c1-9(2)14(8-12(13)16)7-10-3-5-11(15)6-4-10/h9-11,15H,3-8H2,1-2H3,(H2,13,16). The molecule has 1 aliphatic carbocycles. The summed E-state index contributed by atoms with van der Waals surface area (Å²) in [5.74, 6) is 0.342. The van der Waals surface area contributed by atoms with Crippen molar-refractivity contribution in [3.8, 4) is 0 Å². The Bertz CT molecular complexity index is 223. The minimum Gasteiger partial charge on any atom is -0.393 e. The highest BCUT2D eigenvalue weighted by Gasteiger charge is 2.23. The first kappa shape index (κ1) is 13.5. The Kier molecular flexibility index (Phi) is 5.22. The van der Waals surface area contributed by atoms with Crippen molar-refractivity contribution in [2.24, 2.45) is 11.7 Å². The van der Waals surface area contributed by atoms with E-state index in [0.717, 1.165) is 32.2 Å². The summed E-state index contributed by atoms with van der Waals surface area (Å²) in [5.41, 5.74) is 5.24. The molecular formula is C12H24N2O2. The second-order valence-corrected chi connectivity index (χ2v) is 5.16. The van der Waals surface area contributed by atoms with Crippen molar-refractivity contribution < 1.29 is 9.90 Å². The first-order chi connectivity index (χ1) is 7.49. The van der Waals surface area contributed by atoms with E-state index in [1.165, 1.54) is 0 Å². The van der Waals surface area contributed by atoms with Gasteiger partial charge < -0.3 is 10.8 Å². The van der Waals surface area contributed by atoms with Crippen LogP contribution in [0.15, 0.2) is 0 Å². The molecule has 0 saturated heterocycles. The second kappa shape index (κ2) is 6.21. The number of nitrogens with two attached hydrogens (primary N) is 1. The van der Waals surface area contributed by atoms with Crippen molar-refractivity contribution in [1.82, 2.24) is 4.90 Å². The molecule has 0 aromatic carbocycles. The molecule has 0 aliphatic heterocycles. The molecule has 94 valence electrons. The summed E-state index contributed by atoms with van der Waals surface area (Å²) in [5, 5.41) is 9.43. The summed E-state index contributed by atoms with van der Waals surface area (Å²) in [7, 11) is 0. The summed E-state index contributed by atoms with van der Waals surface area (Å²) in [4.78, 5) is 13.1. The van der Waals surface area contributed by atoms with Gasteiger partial charge in [-0.2, -0.15) is 0 Å². The van der Waals surface area contributed by atoms with Gasteiger partial charge in [-0.1, -0.05) is 0 Å². The van der Waals surface area contributed by atoms with Crippen LogP contribution in [0.4, 0.5) is 0 Å². The quantitative estimate of drug-likeness (QED) is 0.729. The van der Waals surface area contributed by atoms with Crippen LogP contribution < -0.4 is 5.73 Å². The van der Waals surface area contributed by atoms with Crippen LogP contribution in [0.25, 0.3) is 0 Å². The molecule has 4 heteroatoms. The zero-order valence-electron chi connectivity index (χ0n) is 10.4. The molecule has 0 radical (unpaired) electrons. The molecule has 1 saturated carbocycles. The zero-order valence-corrected chi connectivity index (χ0v) is 10.4. The van der Waals surface area contributed by atoms with E-state index < -0.39 is 0 Å². The first-order valence-corrected chi connectivity index (χ1v) is 6.19. The Morgan fingerprint density at radius 3 is 2.38 bits per heavy atom. The van der Waals surface area contributed by atoms with Gasteiger partial charge in [0.25, 0.3) is 0 Å². The highest BCUT2D eigenvalue weighted by Crippen LogP contribution is 2.25. The minimum absolute atomic E-state index is 0.111. The number of amides is 1. The number of aliphatic hydroxyl groups excluding tert-OH is 1. The number of aliphatic hydroxyl groups is 1. The number of carbonyl (C=O) groups excluding carboxylic acids is 1. The molecule has 0 aromatic heterocycles. The fourth-order valence-corrected chi connectivity index (χ4v) is 2.32. The van der Waals surface area contributed by atoms with Gasteiger partial charge in [-0.05, 0) is 45.4 Å². The van der Waals surface area contributed by atoms with E-state index >= 15 is 0 Å². The maximum absolute atomic E-state index is 10.9. The normalized spacial score (nSPS) is 26.3. The summed E-state index contributed by atoms with van der Waals surface area (Å²) < 4.78 is 0. The highest BCUT2D eigenvalue weighted by atomic mass is 16.3. The summed E-state index contributed by atoms with van der Waals surface area (Å²) in [6, 6.07) is 0.347. The Labute approximate surface area is 97.8 Å². The van der Waals surface area contributed by atoms with Crippen LogP contribution in [0.5, 0.6) is 0 Å². The molecule has 0 bridgehead atoms. The number of rotatable bonds is 5. The monoisotopic (exact) mass is 228 g/mol. The lowest BCUT2D eigenvalue weighted by Crippen LogP contribution is -2.42. The van der Waals surface area contributed by atoms with E-state index in [1.807, 2.05) is 0 Å². The van der Waals surface area contributed by atoms with Crippen molar-refractivity contribution in [2.75, 3.05) is 13.1 Å². The number of hydrogen-bond donors (Lipinski definition) is 2. The topological polar surface area (TPSA) is 66.6 Å². The first-order valence-electron chi connectivity index (χ1n) is 6.19. The maximum atomic E-state index is 10.9. The molecule has 0 aromatic rings. The Hall–Kier alpha value is -0.610. The molecule has 4 nitrogen and oxygen atoms in total. The molecule has 16 heavy (non-hydrogen) atoms. The van der Waals surface area contributed by atoms with E-state index in [2.05, 4.69) is 18.7 Å². The van der Waals surface area contributed by atoms with Gasteiger partial charge in [0.15, 0.2) is 0 Å². The smallest absolute Gasteiger partial charge is 0.231 e. The average Bonchev–Trinajstić information content (AvgIpc) is 2.19. The van der Waals surface area contributed by atoms with Crippen LogP contribution in [0, 0.1) is 5.92 Å². The SMILES string of the molecule is CC(C)N(CC(N)=O)CC1CCC(O)CC1. The van der Waals surface area contributed by atoms with Crippen molar-refractivity contribution in [2.45, 2.75) is 51.7 Å². The van der Waals surface area contributed by atoms with E-state index in [4.69, 9.17) is 5.73 Å². The minimum atomic E-state index is -0.260. The van der Waals surface area contributed by atoms with Gasteiger partial charge in [0.05, 0.1) is 12.6 Å². The molecule has 0 heterocycles. The largest absolute Gasteiger partial charge is 0.393 e. The Morgan fingerprint density at radius 2 is 1.94 bits per heavy atom. The number of primary amides is 1. The third-order valence-corrected chi connectivity index (χ3v) is 3.40. The van der Waals surface area contributed by atoms with Crippen LogP contribution in [0.3, 0.4) is 0 Å². The summed E-state index contributed by atoms with van der Waals surface area (Å²) in [6.45, 7) is 5.44. The van der Waals surface area contributed by atoms with E-state index in [1.54, 1.807) is 0 Å². The molecule has 1 fully saturated rings. The predicted octanol–water partition coefficient (Wildman–Crippen LogP) is 0.733. The van der Waals surface area contributed by atoms with Gasteiger partial charge in [-0.3, -0.25) is 9.69 Å². The van der Waals surface area contributed by atoms with Crippen LogP contribution in [0.1, 0.15) is 39.5 Å². The molecule has 1 rings (SSSR count). The third kappa shape index (κ3) is 4.49. The number of carbonyl (C=O) groups is 1. The van der Waals surface area contributed by atoms with E-state index in [0.29, 0.717) is 18.5 Å². The van der Waals surface area contributed by atoms with Gasteiger partial charge in [-0.15, -0.1) is 0 Å². The third-order valence-electron chi connectivity index (χ3n) is 3.40. The molecule has 1 aliphatic rings.